The maximum absolute atomic E-state index is 8.11. The van der Waals surface area contributed by atoms with E-state index in [1.807, 2.05) is 0 Å². The third-order valence-electron chi connectivity index (χ3n) is 0. The van der Waals surface area contributed by atoms with Crippen molar-refractivity contribution < 1.29 is 24.7 Å². The molecule has 0 saturated heterocycles. The summed E-state index contributed by atoms with van der Waals surface area (Å²) in [5.41, 5.74) is 0. The second-order valence-corrected chi connectivity index (χ2v) is 0.305. The van der Waals surface area contributed by atoms with Crippen LogP contribution in [0.15, 0.2) is 21.4 Å². The number of nitrogens with zero attached hydrogens (tertiary/aromatic N) is 4. The predicted molar refractivity (Wildman–Crippen MR) is 35.1 cm³/mol. The van der Waals surface area contributed by atoms with Crippen LogP contribution in [0.2, 0.25) is 0 Å². The molecule has 0 amide bonds. The van der Waals surface area contributed by atoms with Gasteiger partial charge in [-0.15, -0.1) is 20.9 Å². The summed E-state index contributed by atoms with van der Waals surface area (Å²) in [5.74, 6) is 0. The fraction of sp³-hybridized carbons (Fsp3) is 0. The molecule has 0 unspecified atom stereocenters. The Morgan fingerprint density at radius 2 is 0.769 bits per heavy atom. The van der Waals surface area contributed by atoms with Gasteiger partial charge in [-0.1, -0.05) is 0 Å². The van der Waals surface area contributed by atoms with Crippen molar-refractivity contribution in [2.75, 3.05) is 0 Å². The van der Waals surface area contributed by atoms with Crippen LogP contribution in [-0.4, -0.2) is 5.21 Å². The second kappa shape index (κ2) is 176. The number of hydrogen-bond acceptors (Lipinski definition) is 11. The van der Waals surface area contributed by atoms with Crippen molar-refractivity contribution in [1.29, 1.82) is 0 Å². The maximum Gasteiger partial charge on any atom is 0.152 e. The summed E-state index contributed by atoms with van der Waals surface area (Å²) < 4.78 is 0. The minimum Gasteiger partial charge on any atom is -0.444 e. The van der Waals surface area contributed by atoms with Gasteiger partial charge in [0.1, 0.15) is 0 Å². The van der Waals surface area contributed by atoms with Crippen LogP contribution in [-0.2, 0) is 19.5 Å². The zero-order valence-electron chi connectivity index (χ0n) is 5.45. The molecule has 0 fully saturated rings. The summed E-state index contributed by atoms with van der Waals surface area (Å²) >= 11 is 0. The van der Waals surface area contributed by atoms with Crippen LogP contribution in [0, 0.1) is 35.3 Å². The van der Waals surface area contributed by atoms with Gasteiger partial charge in [0.25, 0.3) is 0 Å². The Kier molecular flexibility index (Phi) is 410. The minimum absolute atomic E-state index is 0. The summed E-state index contributed by atoms with van der Waals surface area (Å²) in [6.45, 7) is 0. The first-order valence-electron chi connectivity index (χ1n) is 1.48. The fourth-order valence-corrected chi connectivity index (χ4v) is 0. The van der Waals surface area contributed by atoms with E-state index in [2.05, 4.69) is 0 Å². The Labute approximate surface area is 82.0 Å². The maximum atomic E-state index is 8.11. The van der Waals surface area contributed by atoms with Crippen LogP contribution in [0.5, 0.6) is 0 Å². The molecule has 0 rings (SSSR count). The molecule has 0 aromatic rings. The molecule has 0 saturated carbocycles. The molecule has 12 nitrogen and oxygen atoms in total. The van der Waals surface area contributed by atoms with Crippen molar-refractivity contribution in [2.24, 2.45) is 21.4 Å². The molecule has 1 N–H and O–H groups in total. The Morgan fingerprint density at radius 3 is 0.769 bits per heavy atom. The van der Waals surface area contributed by atoms with E-state index in [4.69, 9.17) is 40.5 Å². The van der Waals surface area contributed by atoms with E-state index in [1.165, 1.54) is 5.34 Å². The van der Waals surface area contributed by atoms with E-state index < -0.39 is 0 Å². The molecule has 0 spiro atoms. The van der Waals surface area contributed by atoms with Crippen molar-refractivity contribution in [3.63, 3.8) is 0 Å². The van der Waals surface area contributed by atoms with Crippen LogP contribution in [0.3, 0.4) is 0 Å². The zero-order chi connectivity index (χ0) is 10.8. The quantitative estimate of drug-likeness (QED) is 0.383. The fourth-order valence-electron chi connectivity index (χ4n) is 0. The SMILES string of the molecule is O=NO.O=N[O-].O=N[O-].O=N[O-].[Ru]. The van der Waals surface area contributed by atoms with E-state index in [0.29, 0.717) is 0 Å². The first-order chi connectivity index (χ1) is 5.66. The van der Waals surface area contributed by atoms with Gasteiger partial charge in [-0.25, -0.2) is 0 Å². The predicted octanol–water partition coefficient (Wildman–Crippen LogP) is 0.891. The Bertz CT molecular complexity index is 70.1. The molecule has 0 radical (unpaired) electrons. The molecule has 13 heteroatoms. The van der Waals surface area contributed by atoms with Gasteiger partial charge in [0, 0.05) is 19.5 Å². The Balaban J connectivity index is -0.0000000213. The van der Waals surface area contributed by atoms with Crippen LogP contribution in [0.1, 0.15) is 0 Å². The first kappa shape index (κ1) is 30.3. The van der Waals surface area contributed by atoms with E-state index >= 15 is 0 Å². The molecule has 0 aliphatic rings. The molecule has 0 bridgehead atoms. The molecule has 0 aromatic heterocycles. The summed E-state index contributed by atoms with van der Waals surface area (Å²) in [6, 6.07) is 0. The molecule has 0 aliphatic heterocycles. The summed E-state index contributed by atoms with van der Waals surface area (Å²) in [4.78, 5) is 32.1. The number of rotatable bonds is 0. The monoisotopic (exact) mass is 287 g/mol. The summed E-state index contributed by atoms with van der Waals surface area (Å²) in [5, 5.41) is 34.9. The smallest absolute Gasteiger partial charge is 0.152 e. The van der Waals surface area contributed by atoms with Gasteiger partial charge < -0.3 is 35.6 Å². The first-order valence-corrected chi connectivity index (χ1v) is 1.48. The third-order valence-corrected chi connectivity index (χ3v) is 0. The van der Waals surface area contributed by atoms with Crippen molar-refractivity contribution in [3.8, 4) is 0 Å². The van der Waals surface area contributed by atoms with Crippen LogP contribution in [0.25, 0.3) is 0 Å². The largest absolute Gasteiger partial charge is 0.444 e. The Morgan fingerprint density at radius 1 is 0.769 bits per heavy atom. The Hall–Kier alpha value is -1.78. The zero-order valence-corrected chi connectivity index (χ0v) is 7.19. The van der Waals surface area contributed by atoms with E-state index in [9.17, 15) is 0 Å². The van der Waals surface area contributed by atoms with Gasteiger partial charge in [0.2, 0.25) is 0 Å². The van der Waals surface area contributed by atoms with Gasteiger partial charge in [-0.2, -0.15) is 0 Å². The molecular weight excluding hydrogens is 285 g/mol. The van der Waals surface area contributed by atoms with Crippen molar-refractivity contribution in [3.05, 3.63) is 35.3 Å². The minimum atomic E-state index is 0. The normalized spacial score (nSPS) is 3.69. The topological polar surface area (TPSA) is 207 Å². The molecule has 0 aliphatic carbocycles. The van der Waals surface area contributed by atoms with Gasteiger partial charge >= 0.3 is 0 Å². The molecular formula is HN4O8Ru-3. The molecule has 80 valence electrons. The number of hydrogen-bond donors (Lipinski definition) is 1. The van der Waals surface area contributed by atoms with Gasteiger partial charge in [0.05, 0.1) is 0 Å². The van der Waals surface area contributed by atoms with Crippen LogP contribution in [0.4, 0.5) is 0 Å². The van der Waals surface area contributed by atoms with E-state index in [0.717, 1.165) is 16.0 Å². The second-order valence-electron chi connectivity index (χ2n) is 0.305. The standard InChI is InChI=1S/4HNO2.Ru/c4*2-1-3;/h4*(H,2,3);/p-3. The van der Waals surface area contributed by atoms with Gasteiger partial charge in [0.15, 0.2) is 5.34 Å². The van der Waals surface area contributed by atoms with Crippen LogP contribution >= 0.6 is 0 Å². The van der Waals surface area contributed by atoms with Crippen LogP contribution < -0.4 is 0 Å². The third kappa shape index (κ3) is 219. The average molecular weight is 286 g/mol. The van der Waals surface area contributed by atoms with Gasteiger partial charge in [-0.05, 0) is 0 Å². The van der Waals surface area contributed by atoms with E-state index in [1.54, 1.807) is 0 Å². The van der Waals surface area contributed by atoms with Crippen molar-refractivity contribution >= 4 is 0 Å². The van der Waals surface area contributed by atoms with E-state index in [-0.39, 0.29) is 19.5 Å². The van der Waals surface area contributed by atoms with Gasteiger partial charge in [-0.3, -0.25) is 0 Å². The molecule has 0 atom stereocenters. The van der Waals surface area contributed by atoms with Crippen molar-refractivity contribution in [2.45, 2.75) is 0 Å². The average Bonchev–Trinajstić information content (AvgIpc) is 1.92. The molecule has 13 heavy (non-hydrogen) atoms. The van der Waals surface area contributed by atoms with Crippen molar-refractivity contribution in [1.82, 2.24) is 0 Å². The molecule has 0 aromatic carbocycles. The summed E-state index contributed by atoms with van der Waals surface area (Å²) in [6.07, 6.45) is 0. The molecule has 0 heterocycles. The summed E-state index contributed by atoms with van der Waals surface area (Å²) in [7, 11) is 0.